The Balaban J connectivity index is 1.71. The standard InChI is InChI=1S/C19H18ClFN4O/c20-14-3-4-16-15(10-14)23-18(24(16)8-2-1-6-21)12-25-17-11-22-7-5-13(17)9-19(25)26/h3-5,7,10-11H,1-2,6,8-9,12H2. The second-order valence-corrected chi connectivity index (χ2v) is 6.81. The number of benzene rings is 1. The molecule has 1 aromatic carbocycles. The van der Waals surface area contributed by atoms with Crippen molar-refractivity contribution in [1.29, 1.82) is 0 Å². The van der Waals surface area contributed by atoms with Crippen LogP contribution in [-0.4, -0.2) is 27.1 Å². The van der Waals surface area contributed by atoms with Crippen LogP contribution in [0.1, 0.15) is 24.2 Å². The lowest BCUT2D eigenvalue weighted by Gasteiger charge is -2.18. The SMILES string of the molecule is O=C1Cc2ccncc2N1Cc1nc2cc(Cl)ccc2n1CCCCF. The molecule has 26 heavy (non-hydrogen) atoms. The van der Waals surface area contributed by atoms with Gasteiger partial charge in [0.15, 0.2) is 0 Å². The van der Waals surface area contributed by atoms with Gasteiger partial charge >= 0.3 is 0 Å². The van der Waals surface area contributed by atoms with Gasteiger partial charge in [-0.1, -0.05) is 11.6 Å². The molecule has 3 heterocycles. The van der Waals surface area contributed by atoms with E-state index in [4.69, 9.17) is 16.6 Å². The number of nitrogens with zero attached hydrogens (tertiary/aromatic N) is 4. The molecule has 1 aliphatic heterocycles. The Morgan fingerprint density at radius 1 is 1.23 bits per heavy atom. The fourth-order valence-electron chi connectivity index (χ4n) is 3.40. The van der Waals surface area contributed by atoms with Crippen molar-refractivity contribution in [3.05, 3.63) is 53.1 Å². The minimum atomic E-state index is -0.336. The van der Waals surface area contributed by atoms with Gasteiger partial charge in [-0.3, -0.25) is 14.2 Å². The van der Waals surface area contributed by atoms with Crippen molar-refractivity contribution in [2.24, 2.45) is 0 Å². The fraction of sp³-hybridized carbons (Fsp3) is 0.316. The second-order valence-electron chi connectivity index (χ2n) is 6.37. The van der Waals surface area contributed by atoms with Crippen molar-refractivity contribution in [3.63, 3.8) is 0 Å². The van der Waals surface area contributed by atoms with Crippen LogP contribution in [0.2, 0.25) is 5.02 Å². The molecule has 4 rings (SSSR count). The summed E-state index contributed by atoms with van der Waals surface area (Å²) in [7, 11) is 0. The Kier molecular flexibility index (Phi) is 4.59. The first kappa shape index (κ1) is 17.0. The first-order valence-electron chi connectivity index (χ1n) is 8.61. The summed E-state index contributed by atoms with van der Waals surface area (Å²) in [5, 5.41) is 0.615. The number of anilines is 1. The molecule has 0 bridgehead atoms. The minimum Gasteiger partial charge on any atom is -0.326 e. The van der Waals surface area contributed by atoms with Crippen LogP contribution in [0.4, 0.5) is 10.1 Å². The Morgan fingerprint density at radius 2 is 2.12 bits per heavy atom. The van der Waals surface area contributed by atoms with Crippen LogP contribution < -0.4 is 4.90 Å². The maximum Gasteiger partial charge on any atom is 0.231 e. The van der Waals surface area contributed by atoms with Crippen LogP contribution in [0.25, 0.3) is 11.0 Å². The minimum absolute atomic E-state index is 0.0356. The summed E-state index contributed by atoms with van der Waals surface area (Å²) in [5.41, 5.74) is 3.54. The molecule has 134 valence electrons. The van der Waals surface area contributed by atoms with Crippen LogP contribution in [-0.2, 0) is 24.3 Å². The number of aromatic nitrogens is 3. The van der Waals surface area contributed by atoms with Crippen LogP contribution in [0.5, 0.6) is 0 Å². The highest BCUT2D eigenvalue weighted by Crippen LogP contribution is 2.30. The summed E-state index contributed by atoms with van der Waals surface area (Å²) in [6.45, 7) is 0.677. The van der Waals surface area contributed by atoms with E-state index in [9.17, 15) is 9.18 Å². The van der Waals surface area contributed by atoms with Gasteiger partial charge in [0.2, 0.25) is 5.91 Å². The lowest BCUT2D eigenvalue weighted by atomic mass is 10.2. The molecule has 3 aromatic rings. The van der Waals surface area contributed by atoms with Crippen molar-refractivity contribution in [1.82, 2.24) is 14.5 Å². The predicted octanol–water partition coefficient (Wildman–Crippen LogP) is 3.92. The van der Waals surface area contributed by atoms with Gasteiger partial charge in [0.05, 0.1) is 42.6 Å². The fourth-order valence-corrected chi connectivity index (χ4v) is 3.57. The zero-order valence-electron chi connectivity index (χ0n) is 14.2. The number of hydrogen-bond donors (Lipinski definition) is 0. The quantitative estimate of drug-likeness (QED) is 0.616. The van der Waals surface area contributed by atoms with Crippen molar-refractivity contribution >= 4 is 34.2 Å². The van der Waals surface area contributed by atoms with Crippen LogP contribution >= 0.6 is 11.6 Å². The third-order valence-electron chi connectivity index (χ3n) is 4.68. The molecule has 1 amide bonds. The number of amides is 1. The lowest BCUT2D eigenvalue weighted by molar-refractivity contribution is -0.117. The van der Waals surface area contributed by atoms with Gasteiger partial charge in [-0.05, 0) is 42.7 Å². The number of pyridine rings is 1. The summed E-state index contributed by atoms with van der Waals surface area (Å²) in [6.07, 6.45) is 5.01. The molecular formula is C19H18ClFN4O. The van der Waals surface area contributed by atoms with Crippen LogP contribution in [0.3, 0.4) is 0 Å². The Bertz CT molecular complexity index is 971. The zero-order chi connectivity index (χ0) is 18.1. The average Bonchev–Trinajstić information content (AvgIpc) is 3.13. The Hall–Kier alpha value is -2.47. The number of fused-ring (bicyclic) bond motifs is 2. The number of carbonyl (C=O) groups is 1. The highest BCUT2D eigenvalue weighted by Gasteiger charge is 2.28. The third-order valence-corrected chi connectivity index (χ3v) is 4.91. The molecule has 0 N–H and O–H groups in total. The average molecular weight is 373 g/mol. The van der Waals surface area contributed by atoms with E-state index in [-0.39, 0.29) is 12.6 Å². The summed E-state index contributed by atoms with van der Waals surface area (Å²) in [5.74, 6) is 0.805. The van der Waals surface area contributed by atoms with Gasteiger partial charge in [0.1, 0.15) is 5.82 Å². The monoisotopic (exact) mass is 372 g/mol. The molecule has 1 aliphatic rings. The first-order chi connectivity index (χ1) is 12.7. The normalized spacial score (nSPS) is 13.6. The highest BCUT2D eigenvalue weighted by molar-refractivity contribution is 6.31. The summed E-state index contributed by atoms with van der Waals surface area (Å²) >= 11 is 6.10. The maximum absolute atomic E-state index is 12.5. The molecule has 0 unspecified atom stereocenters. The zero-order valence-corrected chi connectivity index (χ0v) is 14.9. The molecule has 5 nitrogen and oxygen atoms in total. The number of alkyl halides is 1. The molecule has 0 saturated carbocycles. The second kappa shape index (κ2) is 7.03. The van der Waals surface area contributed by atoms with Crippen LogP contribution in [0, 0.1) is 0 Å². The molecule has 2 aromatic heterocycles. The Morgan fingerprint density at radius 3 is 2.96 bits per heavy atom. The maximum atomic E-state index is 12.5. The summed E-state index contributed by atoms with van der Waals surface area (Å²) < 4.78 is 14.6. The van der Waals surface area contributed by atoms with Gasteiger partial charge in [-0.15, -0.1) is 0 Å². The van der Waals surface area contributed by atoms with E-state index in [1.54, 1.807) is 17.3 Å². The highest BCUT2D eigenvalue weighted by atomic mass is 35.5. The topological polar surface area (TPSA) is 51.0 Å². The van der Waals surface area contributed by atoms with E-state index < -0.39 is 0 Å². The number of aryl methyl sites for hydroxylation is 1. The molecule has 7 heteroatoms. The van der Waals surface area contributed by atoms with E-state index in [0.717, 1.165) is 28.1 Å². The van der Waals surface area contributed by atoms with E-state index in [0.29, 0.717) is 37.4 Å². The van der Waals surface area contributed by atoms with E-state index in [1.165, 1.54) is 0 Å². The van der Waals surface area contributed by atoms with Gasteiger partial charge in [0.25, 0.3) is 0 Å². The van der Waals surface area contributed by atoms with E-state index in [1.807, 2.05) is 24.3 Å². The summed E-state index contributed by atoms with van der Waals surface area (Å²) in [4.78, 5) is 23.0. The third kappa shape index (κ3) is 3.05. The molecule has 0 spiro atoms. The van der Waals surface area contributed by atoms with E-state index in [2.05, 4.69) is 9.55 Å². The largest absolute Gasteiger partial charge is 0.326 e. The molecule has 0 saturated heterocycles. The smallest absolute Gasteiger partial charge is 0.231 e. The number of rotatable bonds is 6. The Labute approximate surface area is 155 Å². The number of carbonyl (C=O) groups excluding carboxylic acids is 1. The predicted molar refractivity (Wildman–Crippen MR) is 99.1 cm³/mol. The van der Waals surface area contributed by atoms with Gasteiger partial charge < -0.3 is 9.47 Å². The van der Waals surface area contributed by atoms with Gasteiger partial charge in [-0.25, -0.2) is 4.98 Å². The molecular weight excluding hydrogens is 355 g/mol. The number of hydrogen-bond acceptors (Lipinski definition) is 3. The molecule has 0 aliphatic carbocycles. The van der Waals surface area contributed by atoms with Crippen molar-refractivity contribution < 1.29 is 9.18 Å². The first-order valence-corrected chi connectivity index (χ1v) is 8.99. The van der Waals surface area contributed by atoms with Crippen LogP contribution in [0.15, 0.2) is 36.7 Å². The molecule has 0 radical (unpaired) electrons. The van der Waals surface area contributed by atoms with Crippen molar-refractivity contribution in [2.45, 2.75) is 32.4 Å². The molecule has 0 fully saturated rings. The summed E-state index contributed by atoms with van der Waals surface area (Å²) in [6, 6.07) is 7.43. The number of unbranched alkanes of at least 4 members (excludes halogenated alkanes) is 1. The number of halogens is 2. The van der Waals surface area contributed by atoms with Crippen molar-refractivity contribution in [2.75, 3.05) is 11.6 Å². The van der Waals surface area contributed by atoms with Crippen molar-refractivity contribution in [3.8, 4) is 0 Å². The van der Waals surface area contributed by atoms with Gasteiger partial charge in [0, 0.05) is 17.8 Å². The number of imidazole rings is 1. The van der Waals surface area contributed by atoms with Gasteiger partial charge in [-0.2, -0.15) is 0 Å². The van der Waals surface area contributed by atoms with E-state index >= 15 is 0 Å². The lowest BCUT2D eigenvalue weighted by Crippen LogP contribution is -2.28. The molecule has 0 atom stereocenters.